The van der Waals surface area contributed by atoms with Crippen molar-refractivity contribution in [1.82, 2.24) is 10.9 Å². The number of nitrogens with one attached hydrogen (secondary N) is 2. The van der Waals surface area contributed by atoms with Crippen LogP contribution in [0.5, 0.6) is 5.75 Å². The van der Waals surface area contributed by atoms with Gasteiger partial charge in [-0.1, -0.05) is 13.0 Å². The van der Waals surface area contributed by atoms with Crippen molar-refractivity contribution < 1.29 is 23.5 Å². The van der Waals surface area contributed by atoms with E-state index in [-0.39, 0.29) is 17.9 Å². The zero-order chi connectivity index (χ0) is 20.1. The highest BCUT2D eigenvalue weighted by molar-refractivity contribution is 6.22. The van der Waals surface area contributed by atoms with E-state index in [1.165, 1.54) is 18.2 Å². The fraction of sp³-hybridized carbons (Fsp3) is 0.250. The topological polar surface area (TPSA) is 87.7 Å². The fourth-order valence-electron chi connectivity index (χ4n) is 2.78. The second-order valence-electron chi connectivity index (χ2n) is 6.28. The Morgan fingerprint density at radius 3 is 2.64 bits per heavy atom. The Labute approximate surface area is 161 Å². The first-order valence-corrected chi connectivity index (χ1v) is 8.90. The lowest BCUT2D eigenvalue weighted by Crippen LogP contribution is -2.48. The van der Waals surface area contributed by atoms with Gasteiger partial charge in [0.2, 0.25) is 5.91 Å². The summed E-state index contributed by atoms with van der Waals surface area (Å²) in [6.07, 6.45) is 0.774. The highest BCUT2D eigenvalue weighted by Crippen LogP contribution is 2.25. The summed E-state index contributed by atoms with van der Waals surface area (Å²) in [7, 11) is 0. The van der Waals surface area contributed by atoms with Gasteiger partial charge in [0.1, 0.15) is 17.6 Å². The lowest BCUT2D eigenvalue weighted by molar-refractivity contribution is -0.121. The van der Waals surface area contributed by atoms with E-state index in [2.05, 4.69) is 10.9 Å². The van der Waals surface area contributed by atoms with Gasteiger partial charge in [-0.2, -0.15) is 0 Å². The lowest BCUT2D eigenvalue weighted by Gasteiger charge is -2.16. The first kappa shape index (κ1) is 19.5. The highest BCUT2D eigenvalue weighted by atomic mass is 19.1. The average molecular weight is 385 g/mol. The average Bonchev–Trinajstić information content (AvgIpc) is 2.98. The number of imide groups is 1. The predicted molar refractivity (Wildman–Crippen MR) is 100 cm³/mol. The molecular formula is C20H20FN3O4. The fourth-order valence-corrected chi connectivity index (χ4v) is 2.78. The minimum Gasteiger partial charge on any atom is -0.494 e. The number of anilines is 1. The summed E-state index contributed by atoms with van der Waals surface area (Å²) in [5.41, 5.74) is 5.44. The molecule has 1 aliphatic rings. The van der Waals surface area contributed by atoms with Crippen LogP contribution in [0.1, 0.15) is 30.1 Å². The molecule has 0 spiro atoms. The maximum Gasteiger partial charge on any atom is 0.265 e. The molecule has 1 aliphatic heterocycles. The number of carbonyl (C=O) groups excluding carboxylic acids is 3. The highest BCUT2D eigenvalue weighted by Gasteiger charge is 2.39. The van der Waals surface area contributed by atoms with E-state index in [1.54, 1.807) is 24.3 Å². The zero-order valence-electron chi connectivity index (χ0n) is 15.3. The molecule has 28 heavy (non-hydrogen) atoms. The van der Waals surface area contributed by atoms with Crippen molar-refractivity contribution in [2.24, 2.45) is 0 Å². The Hall–Kier alpha value is -3.26. The molecule has 0 bridgehead atoms. The third-order valence-electron chi connectivity index (χ3n) is 4.16. The molecule has 1 heterocycles. The molecular weight excluding hydrogens is 365 g/mol. The summed E-state index contributed by atoms with van der Waals surface area (Å²) < 4.78 is 18.7. The Morgan fingerprint density at radius 1 is 1.21 bits per heavy atom. The standard InChI is InChI=1S/C20H20FN3O4/c1-2-10-28-16-8-6-15(7-9-16)24-18(25)12-17(20(24)27)22-23-19(26)13-4-3-5-14(21)11-13/h3-9,11,17,22H,2,10,12H2,1H3,(H,23,26)/t17-/m0/s1. The molecule has 0 unspecified atom stereocenters. The van der Waals surface area contributed by atoms with Gasteiger partial charge < -0.3 is 4.74 Å². The number of amides is 3. The smallest absolute Gasteiger partial charge is 0.265 e. The summed E-state index contributed by atoms with van der Waals surface area (Å²) in [4.78, 5) is 38.0. The van der Waals surface area contributed by atoms with E-state index in [9.17, 15) is 18.8 Å². The van der Waals surface area contributed by atoms with Gasteiger partial charge in [-0.05, 0) is 48.9 Å². The van der Waals surface area contributed by atoms with Crippen molar-refractivity contribution in [2.45, 2.75) is 25.8 Å². The number of ether oxygens (including phenoxy) is 1. The van der Waals surface area contributed by atoms with Gasteiger partial charge in [0.15, 0.2) is 0 Å². The first-order chi connectivity index (χ1) is 13.5. The van der Waals surface area contributed by atoms with Crippen LogP contribution in [0.4, 0.5) is 10.1 Å². The molecule has 0 aromatic heterocycles. The first-order valence-electron chi connectivity index (χ1n) is 8.90. The van der Waals surface area contributed by atoms with Gasteiger partial charge in [-0.15, -0.1) is 0 Å². The quantitative estimate of drug-likeness (QED) is 0.564. The molecule has 146 valence electrons. The van der Waals surface area contributed by atoms with Crippen LogP contribution in [0.3, 0.4) is 0 Å². The van der Waals surface area contributed by atoms with E-state index in [0.29, 0.717) is 18.0 Å². The summed E-state index contributed by atoms with van der Waals surface area (Å²) >= 11 is 0. The van der Waals surface area contributed by atoms with Crippen molar-refractivity contribution in [3.8, 4) is 5.75 Å². The molecule has 0 aliphatic carbocycles. The summed E-state index contributed by atoms with van der Waals surface area (Å²) in [5, 5.41) is 0. The maximum absolute atomic E-state index is 13.2. The molecule has 7 nitrogen and oxygen atoms in total. The molecule has 1 saturated heterocycles. The van der Waals surface area contributed by atoms with E-state index in [1.807, 2.05) is 6.92 Å². The molecule has 3 rings (SSSR count). The minimum absolute atomic E-state index is 0.101. The van der Waals surface area contributed by atoms with E-state index in [0.717, 1.165) is 17.4 Å². The van der Waals surface area contributed by atoms with E-state index >= 15 is 0 Å². The van der Waals surface area contributed by atoms with Crippen LogP contribution in [0.15, 0.2) is 48.5 Å². The molecule has 2 aromatic carbocycles. The van der Waals surface area contributed by atoms with Crippen molar-refractivity contribution in [3.05, 3.63) is 59.9 Å². The molecule has 8 heteroatoms. The van der Waals surface area contributed by atoms with Crippen LogP contribution in [-0.2, 0) is 9.59 Å². The Balaban J connectivity index is 1.62. The van der Waals surface area contributed by atoms with Gasteiger partial charge in [-0.3, -0.25) is 19.8 Å². The second-order valence-corrected chi connectivity index (χ2v) is 6.28. The van der Waals surface area contributed by atoms with Crippen LogP contribution in [-0.4, -0.2) is 30.4 Å². The molecule has 3 amide bonds. The van der Waals surface area contributed by atoms with E-state index < -0.39 is 23.7 Å². The number of nitrogens with zero attached hydrogens (tertiary/aromatic N) is 1. The van der Waals surface area contributed by atoms with Gasteiger partial charge in [0, 0.05) is 5.56 Å². The Morgan fingerprint density at radius 2 is 1.96 bits per heavy atom. The van der Waals surface area contributed by atoms with Gasteiger partial charge in [0.25, 0.3) is 11.8 Å². The molecule has 2 N–H and O–H groups in total. The Bertz CT molecular complexity index is 885. The molecule has 0 saturated carbocycles. The third kappa shape index (κ3) is 4.34. The number of hydrazine groups is 1. The normalized spacial score (nSPS) is 16.4. The zero-order valence-corrected chi connectivity index (χ0v) is 15.3. The summed E-state index contributed by atoms with van der Waals surface area (Å²) in [6.45, 7) is 2.58. The number of benzene rings is 2. The van der Waals surface area contributed by atoms with E-state index in [4.69, 9.17) is 4.74 Å². The third-order valence-corrected chi connectivity index (χ3v) is 4.16. The summed E-state index contributed by atoms with van der Waals surface area (Å²) in [6, 6.07) is 10.9. The van der Waals surface area contributed by atoms with Gasteiger partial charge in [0.05, 0.1) is 18.7 Å². The molecule has 2 aromatic rings. The summed E-state index contributed by atoms with van der Waals surface area (Å²) in [5.74, 6) is -1.36. The van der Waals surface area contributed by atoms with Crippen LogP contribution < -0.4 is 20.5 Å². The predicted octanol–water partition coefficient (Wildman–Crippen LogP) is 2.18. The van der Waals surface area contributed by atoms with Crippen molar-refractivity contribution >= 4 is 23.4 Å². The lowest BCUT2D eigenvalue weighted by atomic mass is 10.2. The largest absolute Gasteiger partial charge is 0.494 e. The molecule has 1 atom stereocenters. The van der Waals surface area contributed by atoms with Crippen molar-refractivity contribution in [2.75, 3.05) is 11.5 Å². The van der Waals surface area contributed by atoms with Gasteiger partial charge >= 0.3 is 0 Å². The second kappa shape index (κ2) is 8.62. The Kier molecular flexibility index (Phi) is 6.00. The minimum atomic E-state index is -0.902. The van der Waals surface area contributed by atoms with Gasteiger partial charge in [-0.25, -0.2) is 14.7 Å². The maximum atomic E-state index is 13.2. The number of hydrogen-bond donors (Lipinski definition) is 2. The molecule has 0 radical (unpaired) electrons. The van der Waals surface area contributed by atoms with Crippen LogP contribution in [0.25, 0.3) is 0 Å². The number of halogens is 1. The number of carbonyl (C=O) groups is 3. The SMILES string of the molecule is CCCOc1ccc(N2C(=O)C[C@H](NNC(=O)c3cccc(F)c3)C2=O)cc1. The van der Waals surface area contributed by atoms with Crippen molar-refractivity contribution in [1.29, 1.82) is 0 Å². The van der Waals surface area contributed by atoms with Crippen molar-refractivity contribution in [3.63, 3.8) is 0 Å². The monoisotopic (exact) mass is 385 g/mol. The number of rotatable bonds is 7. The number of hydrogen-bond acceptors (Lipinski definition) is 5. The van der Waals surface area contributed by atoms with Crippen LogP contribution in [0.2, 0.25) is 0 Å². The molecule has 1 fully saturated rings. The van der Waals surface area contributed by atoms with Crippen LogP contribution in [0, 0.1) is 5.82 Å². The van der Waals surface area contributed by atoms with Crippen LogP contribution >= 0.6 is 0 Å².